The summed E-state index contributed by atoms with van der Waals surface area (Å²) in [7, 11) is 0. The van der Waals surface area contributed by atoms with Gasteiger partial charge in [0.1, 0.15) is 5.75 Å². The van der Waals surface area contributed by atoms with Crippen LogP contribution in [0.4, 0.5) is 17.1 Å². The Kier molecular flexibility index (Phi) is 4.04. The number of amides is 3. The van der Waals surface area contributed by atoms with Gasteiger partial charge >= 0.3 is 0 Å². The molecule has 7 nitrogen and oxygen atoms in total. The summed E-state index contributed by atoms with van der Waals surface area (Å²) in [5.74, 6) is 0.00391. The lowest BCUT2D eigenvalue weighted by molar-refractivity contribution is -0.119. The predicted molar refractivity (Wildman–Crippen MR) is 96.5 cm³/mol. The minimum Gasteiger partial charge on any atom is -0.482 e. The number of carbonyl (C=O) groups is 3. The van der Waals surface area contributed by atoms with Crippen molar-refractivity contribution in [3.8, 4) is 5.75 Å². The molecule has 0 saturated carbocycles. The van der Waals surface area contributed by atoms with Gasteiger partial charge in [-0.1, -0.05) is 12.1 Å². The molecule has 7 heteroatoms. The lowest BCUT2D eigenvalue weighted by atomic mass is 10.1. The Morgan fingerprint density at radius 3 is 2.81 bits per heavy atom. The molecule has 2 aromatic carbocycles. The second-order valence-electron chi connectivity index (χ2n) is 6.17. The van der Waals surface area contributed by atoms with Gasteiger partial charge in [-0.25, -0.2) is 0 Å². The van der Waals surface area contributed by atoms with Gasteiger partial charge < -0.3 is 20.3 Å². The predicted octanol–water partition coefficient (Wildman–Crippen LogP) is 2.40. The average molecular weight is 351 g/mol. The maximum atomic E-state index is 12.7. The van der Waals surface area contributed by atoms with Crippen LogP contribution in [-0.4, -0.2) is 30.9 Å². The minimum atomic E-state index is -0.327. The number of anilines is 3. The third kappa shape index (κ3) is 2.99. The highest BCUT2D eigenvalue weighted by Gasteiger charge is 2.24. The number of hydrogen-bond donors (Lipinski definition) is 2. The summed E-state index contributed by atoms with van der Waals surface area (Å²) < 4.78 is 5.30. The molecule has 2 N–H and O–H groups in total. The highest BCUT2D eigenvalue weighted by atomic mass is 16.5. The Labute approximate surface area is 149 Å². The van der Waals surface area contributed by atoms with Crippen molar-refractivity contribution < 1.29 is 19.1 Å². The van der Waals surface area contributed by atoms with Crippen LogP contribution in [0.2, 0.25) is 0 Å². The molecule has 2 aliphatic heterocycles. The third-order valence-electron chi connectivity index (χ3n) is 4.39. The van der Waals surface area contributed by atoms with Crippen LogP contribution in [0, 0.1) is 0 Å². The number of benzene rings is 2. The van der Waals surface area contributed by atoms with Crippen molar-refractivity contribution in [2.24, 2.45) is 0 Å². The first-order valence-electron chi connectivity index (χ1n) is 8.39. The van der Waals surface area contributed by atoms with Crippen LogP contribution in [-0.2, 0) is 9.59 Å². The maximum Gasteiger partial charge on any atom is 0.262 e. The van der Waals surface area contributed by atoms with Gasteiger partial charge in [-0.2, -0.15) is 0 Å². The SMILES string of the molecule is O=C1COc2ccc(C(=O)Nc3ccccc3N3CCCC3=O)cc2N1. The molecule has 0 radical (unpaired) electrons. The Bertz CT molecular complexity index is 909. The summed E-state index contributed by atoms with van der Waals surface area (Å²) in [4.78, 5) is 37.8. The fraction of sp³-hybridized carbons (Fsp3) is 0.211. The number of para-hydroxylation sites is 2. The summed E-state index contributed by atoms with van der Waals surface area (Å²) in [5.41, 5.74) is 2.12. The van der Waals surface area contributed by atoms with Crippen LogP contribution in [0.15, 0.2) is 42.5 Å². The molecule has 2 aromatic rings. The van der Waals surface area contributed by atoms with Gasteiger partial charge in [0.25, 0.3) is 11.8 Å². The Morgan fingerprint density at radius 1 is 1.15 bits per heavy atom. The van der Waals surface area contributed by atoms with Crippen molar-refractivity contribution >= 4 is 34.8 Å². The summed E-state index contributed by atoms with van der Waals surface area (Å²) in [6, 6.07) is 12.1. The van der Waals surface area contributed by atoms with E-state index in [1.807, 2.05) is 12.1 Å². The molecule has 2 heterocycles. The number of nitrogens with one attached hydrogen (secondary N) is 2. The summed E-state index contributed by atoms with van der Waals surface area (Å²) in [6.07, 6.45) is 1.33. The normalized spacial score (nSPS) is 15.9. The fourth-order valence-corrected chi connectivity index (χ4v) is 3.14. The van der Waals surface area contributed by atoms with E-state index in [4.69, 9.17) is 4.74 Å². The highest BCUT2D eigenvalue weighted by molar-refractivity contribution is 6.09. The van der Waals surface area contributed by atoms with E-state index in [0.29, 0.717) is 41.3 Å². The van der Waals surface area contributed by atoms with E-state index in [0.717, 1.165) is 6.42 Å². The molecule has 3 amide bonds. The van der Waals surface area contributed by atoms with Gasteiger partial charge in [0, 0.05) is 18.5 Å². The number of ether oxygens (including phenoxy) is 1. The van der Waals surface area contributed by atoms with Crippen molar-refractivity contribution in [1.29, 1.82) is 0 Å². The number of hydrogen-bond acceptors (Lipinski definition) is 4. The summed E-state index contributed by atoms with van der Waals surface area (Å²) in [5, 5.41) is 5.54. The van der Waals surface area contributed by atoms with Crippen molar-refractivity contribution in [1.82, 2.24) is 0 Å². The van der Waals surface area contributed by atoms with E-state index in [1.165, 1.54) is 0 Å². The Hall–Kier alpha value is -3.35. The minimum absolute atomic E-state index is 0.0320. The molecule has 0 aromatic heterocycles. The molecule has 0 bridgehead atoms. The largest absolute Gasteiger partial charge is 0.482 e. The van der Waals surface area contributed by atoms with Gasteiger partial charge in [-0.3, -0.25) is 14.4 Å². The Morgan fingerprint density at radius 2 is 2.00 bits per heavy atom. The second kappa shape index (κ2) is 6.51. The second-order valence-corrected chi connectivity index (χ2v) is 6.17. The van der Waals surface area contributed by atoms with Crippen LogP contribution < -0.4 is 20.3 Å². The summed E-state index contributed by atoms with van der Waals surface area (Å²) in [6.45, 7) is 0.615. The lowest BCUT2D eigenvalue weighted by Gasteiger charge is -2.21. The molecule has 4 rings (SSSR count). The number of rotatable bonds is 3. The zero-order valence-corrected chi connectivity index (χ0v) is 14.0. The van der Waals surface area contributed by atoms with Crippen molar-refractivity contribution in [2.75, 3.05) is 28.7 Å². The number of nitrogens with zero attached hydrogens (tertiary/aromatic N) is 1. The topological polar surface area (TPSA) is 87.7 Å². The van der Waals surface area contributed by atoms with Crippen LogP contribution in [0.5, 0.6) is 5.75 Å². The van der Waals surface area contributed by atoms with Gasteiger partial charge in [-0.05, 0) is 36.8 Å². The molecule has 0 atom stereocenters. The third-order valence-corrected chi connectivity index (χ3v) is 4.39. The van der Waals surface area contributed by atoms with E-state index in [9.17, 15) is 14.4 Å². The van der Waals surface area contributed by atoms with Crippen molar-refractivity contribution in [3.05, 3.63) is 48.0 Å². The number of carbonyl (C=O) groups excluding carboxylic acids is 3. The van der Waals surface area contributed by atoms with E-state index in [-0.39, 0.29) is 24.3 Å². The first-order valence-corrected chi connectivity index (χ1v) is 8.39. The Balaban J connectivity index is 1.58. The molecule has 0 aliphatic carbocycles. The number of fused-ring (bicyclic) bond motifs is 1. The van der Waals surface area contributed by atoms with Crippen LogP contribution in [0.1, 0.15) is 23.2 Å². The maximum absolute atomic E-state index is 12.7. The van der Waals surface area contributed by atoms with E-state index in [1.54, 1.807) is 35.2 Å². The van der Waals surface area contributed by atoms with E-state index < -0.39 is 0 Å². The lowest BCUT2D eigenvalue weighted by Crippen LogP contribution is -2.26. The van der Waals surface area contributed by atoms with Crippen LogP contribution in [0.25, 0.3) is 0 Å². The molecular weight excluding hydrogens is 334 g/mol. The van der Waals surface area contributed by atoms with Crippen LogP contribution >= 0.6 is 0 Å². The van der Waals surface area contributed by atoms with Gasteiger partial charge in [0.2, 0.25) is 5.91 Å². The average Bonchev–Trinajstić information content (AvgIpc) is 3.07. The van der Waals surface area contributed by atoms with Gasteiger partial charge in [0.15, 0.2) is 6.61 Å². The zero-order chi connectivity index (χ0) is 18.1. The van der Waals surface area contributed by atoms with Crippen LogP contribution in [0.3, 0.4) is 0 Å². The molecule has 1 fully saturated rings. The first kappa shape index (κ1) is 16.1. The molecular formula is C19H17N3O4. The highest BCUT2D eigenvalue weighted by Crippen LogP contribution is 2.31. The first-order chi connectivity index (χ1) is 12.6. The molecule has 1 saturated heterocycles. The fourth-order valence-electron chi connectivity index (χ4n) is 3.14. The zero-order valence-electron chi connectivity index (χ0n) is 14.0. The standard InChI is InChI=1S/C19H17N3O4/c23-17-11-26-16-8-7-12(10-14(16)20-17)19(25)21-13-4-1-2-5-15(13)22-9-3-6-18(22)24/h1-2,4-5,7-8,10H,3,6,9,11H2,(H,20,23)(H,21,25). The van der Waals surface area contributed by atoms with Gasteiger partial charge in [-0.15, -0.1) is 0 Å². The van der Waals surface area contributed by atoms with E-state index in [2.05, 4.69) is 10.6 Å². The molecule has 2 aliphatic rings. The monoisotopic (exact) mass is 351 g/mol. The molecule has 0 spiro atoms. The molecule has 26 heavy (non-hydrogen) atoms. The van der Waals surface area contributed by atoms with Gasteiger partial charge in [0.05, 0.1) is 17.1 Å². The molecule has 0 unspecified atom stereocenters. The quantitative estimate of drug-likeness (QED) is 0.889. The van der Waals surface area contributed by atoms with Crippen molar-refractivity contribution in [3.63, 3.8) is 0 Å². The van der Waals surface area contributed by atoms with E-state index >= 15 is 0 Å². The van der Waals surface area contributed by atoms with Crippen molar-refractivity contribution in [2.45, 2.75) is 12.8 Å². The smallest absolute Gasteiger partial charge is 0.262 e. The molecule has 132 valence electrons. The summed E-state index contributed by atoms with van der Waals surface area (Å²) >= 11 is 0.